The zero-order chi connectivity index (χ0) is 30.4. The van der Waals surface area contributed by atoms with Gasteiger partial charge in [-0.15, -0.1) is 0 Å². The van der Waals surface area contributed by atoms with Crippen LogP contribution in [0.1, 0.15) is 47.5 Å². The number of hydrogen-bond donors (Lipinski definition) is 5. The van der Waals surface area contributed by atoms with Gasteiger partial charge in [0.15, 0.2) is 6.23 Å². The van der Waals surface area contributed by atoms with E-state index in [0.29, 0.717) is 0 Å². The molecule has 1 saturated heterocycles. The molecular formula is C25H44N5O9P. The number of nitrogens with zero attached hydrogens (tertiary/aromatic N) is 2. The summed E-state index contributed by atoms with van der Waals surface area (Å²) in [5.74, 6) is -0.940. The van der Waals surface area contributed by atoms with E-state index in [1.165, 1.54) is 38.3 Å². The zero-order valence-corrected chi connectivity index (χ0v) is 25.1. The minimum absolute atomic E-state index is 0.00959. The maximum absolute atomic E-state index is 14.2. The van der Waals surface area contributed by atoms with Gasteiger partial charge in [-0.1, -0.05) is 34.3 Å². The quantitative estimate of drug-likeness (QED) is 0.142. The Kier molecular flexibility index (Phi) is 11.9. The van der Waals surface area contributed by atoms with E-state index < -0.39 is 62.3 Å². The highest BCUT2D eigenvalue weighted by Gasteiger charge is 2.55. The Morgan fingerprint density at radius 2 is 1.68 bits per heavy atom. The van der Waals surface area contributed by atoms with E-state index in [2.05, 4.69) is 21.7 Å². The molecular weight excluding hydrogens is 545 g/mol. The van der Waals surface area contributed by atoms with Crippen molar-refractivity contribution in [3.05, 3.63) is 24.7 Å². The average molecular weight is 590 g/mol. The smallest absolute Gasteiger partial charge is 0.342 e. The van der Waals surface area contributed by atoms with Crippen LogP contribution < -0.4 is 15.9 Å². The zero-order valence-electron chi connectivity index (χ0n) is 24.2. The molecule has 0 bridgehead atoms. The van der Waals surface area contributed by atoms with Crippen LogP contribution >= 0.6 is 7.67 Å². The number of aliphatic hydroxyl groups is 2. The number of nitrogens with one attached hydrogen (secondary N) is 2. The van der Waals surface area contributed by atoms with E-state index in [-0.39, 0.29) is 36.3 Å². The number of aliphatic imine (C=N–C) groups is 1. The Balaban J connectivity index is 2.33. The number of esters is 2. The van der Waals surface area contributed by atoms with Crippen molar-refractivity contribution in [2.45, 2.75) is 83.6 Å². The first kappa shape index (κ1) is 33.9. The lowest BCUT2D eigenvalue weighted by molar-refractivity contribution is -0.143. The van der Waals surface area contributed by atoms with E-state index >= 15 is 0 Å². The summed E-state index contributed by atoms with van der Waals surface area (Å²) in [5, 5.41) is 27.5. The van der Waals surface area contributed by atoms with Gasteiger partial charge in [0.1, 0.15) is 41.5 Å². The van der Waals surface area contributed by atoms with Gasteiger partial charge in [0.05, 0.1) is 20.8 Å². The first-order chi connectivity index (χ1) is 18.5. The Morgan fingerprint density at radius 1 is 1.18 bits per heavy atom. The molecule has 0 saturated carbocycles. The molecule has 6 atom stereocenters. The first-order valence-corrected chi connectivity index (χ1v) is 14.7. The lowest BCUT2D eigenvalue weighted by Gasteiger charge is -2.35. The van der Waals surface area contributed by atoms with Crippen LogP contribution in [0.25, 0.3) is 0 Å². The van der Waals surface area contributed by atoms with E-state index in [4.69, 9.17) is 24.5 Å². The van der Waals surface area contributed by atoms with Gasteiger partial charge in [-0.3, -0.25) is 14.2 Å². The molecule has 0 aromatic rings. The van der Waals surface area contributed by atoms with Crippen molar-refractivity contribution in [1.82, 2.24) is 15.1 Å². The first-order valence-electron chi connectivity index (χ1n) is 13.1. The van der Waals surface area contributed by atoms with Gasteiger partial charge in [0.25, 0.3) is 0 Å². The fourth-order valence-corrected chi connectivity index (χ4v) is 6.23. The van der Waals surface area contributed by atoms with Crippen molar-refractivity contribution in [3.8, 4) is 0 Å². The van der Waals surface area contributed by atoms with Crippen molar-refractivity contribution >= 4 is 25.4 Å². The van der Waals surface area contributed by atoms with Crippen LogP contribution in [-0.4, -0.2) is 89.8 Å². The third-order valence-electron chi connectivity index (χ3n) is 6.43. The molecule has 2 rings (SSSR count). The second-order valence-electron chi connectivity index (χ2n) is 10.9. The van der Waals surface area contributed by atoms with Gasteiger partial charge in [-0.25, -0.2) is 15.2 Å². The number of methoxy groups -OCH3 is 2. The molecule has 2 heterocycles. The van der Waals surface area contributed by atoms with E-state index in [1.54, 1.807) is 0 Å². The normalized spacial score (nSPS) is 27.9. The molecule has 0 aliphatic carbocycles. The van der Waals surface area contributed by atoms with Crippen molar-refractivity contribution in [2.75, 3.05) is 20.8 Å². The Bertz CT molecular complexity index is 996. The van der Waals surface area contributed by atoms with E-state index in [1.807, 2.05) is 27.7 Å². The monoisotopic (exact) mass is 589 g/mol. The number of carbonyl (C=O) groups is 2. The van der Waals surface area contributed by atoms with Crippen LogP contribution in [0.15, 0.2) is 29.7 Å². The summed E-state index contributed by atoms with van der Waals surface area (Å²) in [6, 6.07) is -2.09. The Morgan fingerprint density at radius 3 is 2.10 bits per heavy atom. The third-order valence-corrected chi connectivity index (χ3v) is 8.24. The molecule has 0 aromatic heterocycles. The fraction of sp³-hybridized carbons (Fsp3) is 0.720. The highest BCUT2D eigenvalue weighted by Crippen LogP contribution is 2.43. The molecule has 228 valence electrons. The number of aliphatic hydroxyl groups excluding tert-OH is 1. The number of rotatable bonds is 14. The largest absolute Gasteiger partial charge is 0.468 e. The highest BCUT2D eigenvalue weighted by molar-refractivity contribution is 7.54. The Labute approximate surface area is 235 Å². The maximum atomic E-state index is 14.2. The minimum atomic E-state index is -4.23. The van der Waals surface area contributed by atoms with Crippen LogP contribution in [0, 0.1) is 11.8 Å². The lowest BCUT2D eigenvalue weighted by Crippen LogP contribution is -2.51. The number of ether oxygens (including phenoxy) is 3. The van der Waals surface area contributed by atoms with E-state index in [9.17, 15) is 24.4 Å². The summed E-state index contributed by atoms with van der Waals surface area (Å²) in [6.07, 6.45) is -0.310. The maximum Gasteiger partial charge on any atom is 0.342 e. The summed E-state index contributed by atoms with van der Waals surface area (Å²) in [5.41, 5.74) is 3.87. The molecule has 0 radical (unpaired) electrons. The molecule has 0 aromatic carbocycles. The molecule has 2 aliphatic rings. The van der Waals surface area contributed by atoms with Gasteiger partial charge in [0.2, 0.25) is 0 Å². The van der Waals surface area contributed by atoms with Crippen molar-refractivity contribution in [3.63, 3.8) is 0 Å². The van der Waals surface area contributed by atoms with Gasteiger partial charge < -0.3 is 39.6 Å². The molecule has 40 heavy (non-hydrogen) atoms. The van der Waals surface area contributed by atoms with Crippen molar-refractivity contribution in [1.29, 1.82) is 0 Å². The standard InChI is InChI=1S/C25H44N5O9P/c1-14(2)11-17(22(32)36-7)28-40(35,29-18(12-15(3)4)23(33)37-8)38-13-19-21(31)25(6,34)24(39-19)30-10-9-20(26)27-16(30)5/h9-10,14-15,17-19,21,24,31,34H,5,11-13H2,1-4,6-8H3,(H2,26,27)(H2,28,29,35)/t17?,18?,19-,21?,24-,25+,40?/m1/s1. The number of hydrogen-bond acceptors (Lipinski definition) is 12. The minimum Gasteiger partial charge on any atom is -0.468 e. The van der Waals surface area contributed by atoms with Crippen LogP contribution in [0.5, 0.6) is 0 Å². The number of nitrogens with two attached hydrogens (primary N) is 1. The van der Waals surface area contributed by atoms with Crippen LogP contribution in [0.4, 0.5) is 0 Å². The summed E-state index contributed by atoms with van der Waals surface area (Å²) in [4.78, 5) is 30.5. The molecule has 6 N–H and O–H groups in total. The summed E-state index contributed by atoms with van der Waals surface area (Å²) >= 11 is 0. The van der Waals surface area contributed by atoms with Crippen LogP contribution in [-0.2, 0) is 32.9 Å². The molecule has 15 heteroatoms. The average Bonchev–Trinajstić information content (AvgIpc) is 3.08. The third kappa shape index (κ3) is 8.59. The SMILES string of the molecule is C=C1N=C(N)C=CN1[C@@H]1O[C@H](COP(=O)(NC(CC(C)C)C(=O)OC)NC(CC(C)C)C(=O)OC)C(O)[C@]1(C)O. The van der Waals surface area contributed by atoms with Crippen LogP contribution in [0.2, 0.25) is 0 Å². The lowest BCUT2D eigenvalue weighted by atomic mass is 9.96. The second-order valence-corrected chi connectivity index (χ2v) is 12.8. The summed E-state index contributed by atoms with van der Waals surface area (Å²) in [7, 11) is -1.82. The summed E-state index contributed by atoms with van der Waals surface area (Å²) in [6.45, 7) is 12.2. The summed E-state index contributed by atoms with van der Waals surface area (Å²) < 4.78 is 35.7. The van der Waals surface area contributed by atoms with Crippen molar-refractivity contribution in [2.24, 2.45) is 22.6 Å². The predicted molar refractivity (Wildman–Crippen MR) is 147 cm³/mol. The molecule has 14 nitrogen and oxygen atoms in total. The second kappa shape index (κ2) is 14.0. The predicted octanol–water partition coefficient (Wildman–Crippen LogP) is 0.960. The molecule has 3 unspecified atom stereocenters. The molecule has 0 amide bonds. The topological polar surface area (TPSA) is 194 Å². The van der Waals surface area contributed by atoms with Crippen molar-refractivity contribution < 1.29 is 43.1 Å². The Hall–Kier alpha value is -2.32. The van der Waals surface area contributed by atoms with Gasteiger partial charge in [0, 0.05) is 6.20 Å². The van der Waals surface area contributed by atoms with Gasteiger partial charge >= 0.3 is 19.6 Å². The number of carbonyl (C=O) groups excluding carboxylic acids is 2. The van der Waals surface area contributed by atoms with Gasteiger partial charge in [-0.2, -0.15) is 0 Å². The van der Waals surface area contributed by atoms with Crippen LogP contribution in [0.3, 0.4) is 0 Å². The van der Waals surface area contributed by atoms with Gasteiger partial charge in [-0.05, 0) is 37.7 Å². The van der Waals surface area contributed by atoms with E-state index in [0.717, 1.165) is 0 Å². The molecule has 1 fully saturated rings. The number of amidine groups is 1. The molecule has 0 spiro atoms. The molecule has 2 aliphatic heterocycles. The highest BCUT2D eigenvalue weighted by atomic mass is 31.2. The fourth-order valence-electron chi connectivity index (χ4n) is 4.41.